The molecule has 0 aliphatic carbocycles. The molecule has 0 bridgehead atoms. The molecule has 144 valence electrons. The van der Waals surface area contributed by atoms with Gasteiger partial charge < -0.3 is 15.4 Å². The second kappa shape index (κ2) is 8.13. The average molecular weight is 376 g/mol. The van der Waals surface area contributed by atoms with E-state index in [9.17, 15) is 9.59 Å². The van der Waals surface area contributed by atoms with Crippen molar-refractivity contribution in [2.45, 2.75) is 19.4 Å². The third-order valence-electron chi connectivity index (χ3n) is 4.70. The second-order valence-corrected chi connectivity index (χ2v) is 6.85. The highest BCUT2D eigenvalue weighted by Crippen LogP contribution is 2.35. The Kier molecular flexibility index (Phi) is 5.64. The van der Waals surface area contributed by atoms with Gasteiger partial charge in [0.05, 0.1) is 0 Å². The number of amides is 2. The van der Waals surface area contributed by atoms with E-state index in [-0.39, 0.29) is 5.91 Å². The van der Waals surface area contributed by atoms with Gasteiger partial charge in [-0.2, -0.15) is 0 Å². The Balaban J connectivity index is 2.08. The smallest absolute Gasteiger partial charge is 0.263 e. The molecule has 5 nitrogen and oxygen atoms in total. The zero-order valence-corrected chi connectivity index (χ0v) is 16.3. The van der Waals surface area contributed by atoms with Crippen molar-refractivity contribution >= 4 is 22.6 Å². The lowest BCUT2D eigenvalue weighted by Crippen LogP contribution is -2.37. The van der Waals surface area contributed by atoms with Crippen molar-refractivity contribution in [1.82, 2.24) is 4.90 Å². The molecule has 5 heteroatoms. The zero-order valence-electron chi connectivity index (χ0n) is 16.3. The minimum Gasteiger partial charge on any atom is -0.480 e. The molecule has 3 aromatic carbocycles. The fourth-order valence-corrected chi connectivity index (χ4v) is 3.22. The largest absolute Gasteiger partial charge is 0.480 e. The highest BCUT2D eigenvalue weighted by atomic mass is 16.5. The number of likely N-dealkylation sites (N-methyl/N-ethyl adjacent to an activating group) is 1. The molecule has 3 aromatic rings. The van der Waals surface area contributed by atoms with Gasteiger partial charge in [0.2, 0.25) is 5.91 Å². The fourth-order valence-electron chi connectivity index (χ4n) is 3.22. The van der Waals surface area contributed by atoms with E-state index in [4.69, 9.17) is 10.5 Å². The van der Waals surface area contributed by atoms with Gasteiger partial charge in [-0.3, -0.25) is 9.59 Å². The molecule has 0 spiro atoms. The van der Waals surface area contributed by atoms with E-state index >= 15 is 0 Å². The molecule has 0 saturated heterocycles. The lowest BCUT2D eigenvalue weighted by Gasteiger charge is -2.22. The molecule has 0 saturated carbocycles. The van der Waals surface area contributed by atoms with Crippen molar-refractivity contribution < 1.29 is 14.3 Å². The molecule has 0 heterocycles. The van der Waals surface area contributed by atoms with Crippen molar-refractivity contribution in [3.63, 3.8) is 0 Å². The number of hydrogen-bond acceptors (Lipinski definition) is 3. The maximum absolute atomic E-state index is 12.4. The Morgan fingerprint density at radius 1 is 1.00 bits per heavy atom. The summed E-state index contributed by atoms with van der Waals surface area (Å²) < 4.78 is 6.09. The van der Waals surface area contributed by atoms with Crippen LogP contribution in [-0.4, -0.2) is 36.9 Å². The van der Waals surface area contributed by atoms with Gasteiger partial charge >= 0.3 is 0 Å². The van der Waals surface area contributed by atoms with Crippen LogP contribution in [0.4, 0.5) is 0 Å². The molecule has 2 N–H and O–H groups in total. The first-order valence-electron chi connectivity index (χ1n) is 9.22. The molecule has 2 amide bonds. The zero-order chi connectivity index (χ0) is 20.3. The molecular weight excluding hydrogens is 352 g/mol. The Bertz CT molecular complexity index is 1030. The minimum atomic E-state index is -0.539. The molecule has 0 aliphatic heterocycles. The van der Waals surface area contributed by atoms with Crippen LogP contribution < -0.4 is 10.5 Å². The van der Waals surface area contributed by atoms with Gasteiger partial charge in [-0.1, -0.05) is 49.4 Å². The van der Waals surface area contributed by atoms with E-state index in [1.165, 1.54) is 0 Å². The van der Waals surface area contributed by atoms with Gasteiger partial charge in [0.15, 0.2) is 6.10 Å². The molecule has 0 radical (unpaired) electrons. The number of nitrogens with zero attached hydrogens (tertiary/aromatic N) is 1. The molecule has 28 heavy (non-hydrogen) atoms. The summed E-state index contributed by atoms with van der Waals surface area (Å²) in [6.45, 7) is 1.93. The molecule has 3 rings (SSSR count). The second-order valence-electron chi connectivity index (χ2n) is 6.85. The number of ether oxygens (including phenoxy) is 1. The molecular formula is C23H24N2O3. The normalized spacial score (nSPS) is 11.8. The Morgan fingerprint density at radius 2 is 1.71 bits per heavy atom. The summed E-state index contributed by atoms with van der Waals surface area (Å²) >= 11 is 0. The van der Waals surface area contributed by atoms with Crippen LogP contribution in [0, 0.1) is 0 Å². The van der Waals surface area contributed by atoms with Crippen LogP contribution in [0.1, 0.15) is 23.7 Å². The first kappa shape index (κ1) is 19.4. The number of rotatable bonds is 6. The number of benzene rings is 3. The van der Waals surface area contributed by atoms with Crippen LogP contribution in [-0.2, 0) is 4.79 Å². The minimum absolute atomic E-state index is 0.0650. The predicted molar refractivity (Wildman–Crippen MR) is 111 cm³/mol. The quantitative estimate of drug-likeness (QED) is 0.710. The highest BCUT2D eigenvalue weighted by Gasteiger charge is 2.21. The highest BCUT2D eigenvalue weighted by molar-refractivity contribution is 6.01. The van der Waals surface area contributed by atoms with Gasteiger partial charge in [-0.25, -0.2) is 0 Å². The van der Waals surface area contributed by atoms with Crippen LogP contribution in [0.2, 0.25) is 0 Å². The Morgan fingerprint density at radius 3 is 2.36 bits per heavy atom. The van der Waals surface area contributed by atoms with E-state index in [2.05, 4.69) is 0 Å². The van der Waals surface area contributed by atoms with E-state index in [0.717, 1.165) is 21.9 Å². The van der Waals surface area contributed by atoms with Crippen molar-refractivity contribution in [1.29, 1.82) is 0 Å². The van der Waals surface area contributed by atoms with Gasteiger partial charge in [0, 0.05) is 25.0 Å². The molecule has 1 atom stereocenters. The summed E-state index contributed by atoms with van der Waals surface area (Å²) in [5, 5.41) is 1.89. The van der Waals surface area contributed by atoms with Crippen molar-refractivity contribution in [2.75, 3.05) is 14.1 Å². The summed E-state index contributed by atoms with van der Waals surface area (Å²) in [5.74, 6) is 0.136. The molecule has 0 aliphatic rings. The van der Waals surface area contributed by atoms with Gasteiger partial charge in [0.1, 0.15) is 5.75 Å². The molecule has 0 fully saturated rings. The maximum atomic E-state index is 12.4. The summed E-state index contributed by atoms with van der Waals surface area (Å²) in [7, 11) is 3.45. The predicted octanol–water partition coefficient (Wildman–Crippen LogP) is 3.85. The van der Waals surface area contributed by atoms with Crippen molar-refractivity contribution in [2.24, 2.45) is 5.73 Å². The number of primary amides is 1. The summed E-state index contributed by atoms with van der Waals surface area (Å²) in [5.41, 5.74) is 7.76. The van der Waals surface area contributed by atoms with Gasteiger partial charge in [-0.05, 0) is 41.1 Å². The number of nitrogens with two attached hydrogens (primary N) is 1. The monoisotopic (exact) mass is 376 g/mol. The first-order chi connectivity index (χ1) is 13.4. The van der Waals surface area contributed by atoms with Crippen molar-refractivity contribution in [3.05, 3.63) is 66.2 Å². The van der Waals surface area contributed by atoms with E-state index < -0.39 is 12.0 Å². The van der Waals surface area contributed by atoms with Gasteiger partial charge in [0.25, 0.3) is 5.91 Å². The maximum Gasteiger partial charge on any atom is 0.263 e. The summed E-state index contributed by atoms with van der Waals surface area (Å²) in [6, 6.07) is 18.9. The van der Waals surface area contributed by atoms with Crippen LogP contribution in [0.5, 0.6) is 5.75 Å². The Labute approximate surface area is 164 Å². The van der Waals surface area contributed by atoms with E-state index in [0.29, 0.717) is 17.7 Å². The van der Waals surface area contributed by atoms with Crippen LogP contribution in [0.15, 0.2) is 60.7 Å². The number of fused-ring (bicyclic) bond motifs is 1. The average Bonchev–Trinajstić information content (AvgIpc) is 2.71. The third-order valence-corrected chi connectivity index (χ3v) is 4.70. The van der Waals surface area contributed by atoms with Gasteiger partial charge in [-0.15, -0.1) is 0 Å². The van der Waals surface area contributed by atoms with E-state index in [1.807, 2.05) is 55.5 Å². The topological polar surface area (TPSA) is 72.6 Å². The standard InChI is InChI=1S/C23H24N2O3/c1-4-20(23(27)25(2)3)28-21-13-12-17(18-10-5-6-11-19(18)21)15-8-7-9-16(14-15)22(24)26/h5-14,20H,4H2,1-3H3,(H2,24,26). The lowest BCUT2D eigenvalue weighted by atomic mass is 9.96. The number of carbonyl (C=O) groups is 2. The molecule has 0 aromatic heterocycles. The Hall–Kier alpha value is -3.34. The molecule has 1 unspecified atom stereocenters. The van der Waals surface area contributed by atoms with Crippen LogP contribution in [0.3, 0.4) is 0 Å². The summed E-state index contributed by atoms with van der Waals surface area (Å²) in [6.07, 6.45) is 0.0377. The third kappa shape index (κ3) is 3.83. The SMILES string of the molecule is CCC(Oc1ccc(-c2cccc(C(N)=O)c2)c2ccccc12)C(=O)N(C)C. The van der Waals surface area contributed by atoms with E-state index in [1.54, 1.807) is 31.1 Å². The van der Waals surface area contributed by atoms with Crippen LogP contribution >= 0.6 is 0 Å². The lowest BCUT2D eigenvalue weighted by molar-refractivity contribution is -0.136. The van der Waals surface area contributed by atoms with Crippen LogP contribution in [0.25, 0.3) is 21.9 Å². The number of carbonyl (C=O) groups excluding carboxylic acids is 2. The summed E-state index contributed by atoms with van der Waals surface area (Å²) in [4.78, 5) is 25.4. The number of hydrogen-bond donors (Lipinski definition) is 1. The fraction of sp³-hybridized carbons (Fsp3) is 0.217. The first-order valence-corrected chi connectivity index (χ1v) is 9.22. The van der Waals surface area contributed by atoms with Crippen molar-refractivity contribution in [3.8, 4) is 16.9 Å².